The fraction of sp³-hybridized carbons (Fsp3) is 0.400. The van der Waals surface area contributed by atoms with Crippen molar-refractivity contribution in [2.24, 2.45) is 0 Å². The summed E-state index contributed by atoms with van der Waals surface area (Å²) in [6.07, 6.45) is 1.75. The lowest BCUT2D eigenvalue weighted by Gasteiger charge is -2.34. The molecule has 1 aliphatic heterocycles. The van der Waals surface area contributed by atoms with Gasteiger partial charge in [-0.2, -0.15) is 0 Å². The van der Waals surface area contributed by atoms with Crippen LogP contribution in [0.15, 0.2) is 48.5 Å². The van der Waals surface area contributed by atoms with Gasteiger partial charge in [0.1, 0.15) is 6.04 Å². The molecule has 0 unspecified atom stereocenters. The lowest BCUT2D eigenvalue weighted by molar-refractivity contribution is -0.149. The third kappa shape index (κ3) is 6.33. The Morgan fingerprint density at radius 1 is 1.12 bits per heavy atom. The molecule has 3 rings (SSSR count). The number of ether oxygens (including phenoxy) is 1. The van der Waals surface area contributed by atoms with Crippen LogP contribution in [0.2, 0.25) is 5.02 Å². The zero-order valence-corrected chi connectivity index (χ0v) is 19.9. The van der Waals surface area contributed by atoms with Crippen molar-refractivity contribution in [3.63, 3.8) is 0 Å². The van der Waals surface area contributed by atoms with Crippen LogP contribution in [0.1, 0.15) is 43.9 Å². The summed E-state index contributed by atoms with van der Waals surface area (Å²) >= 11 is 6.42. The fourth-order valence-corrected chi connectivity index (χ4v) is 4.06. The van der Waals surface area contributed by atoms with Crippen molar-refractivity contribution in [2.45, 2.75) is 51.8 Å². The highest BCUT2D eigenvalue weighted by molar-refractivity contribution is 6.40. The van der Waals surface area contributed by atoms with E-state index in [0.29, 0.717) is 29.4 Å². The molecule has 1 fully saturated rings. The van der Waals surface area contributed by atoms with E-state index >= 15 is 0 Å². The van der Waals surface area contributed by atoms with Gasteiger partial charge in [0.05, 0.1) is 6.10 Å². The first kappa shape index (κ1) is 24.7. The molecule has 7 nitrogen and oxygen atoms in total. The number of halogens is 1. The Morgan fingerprint density at radius 2 is 1.82 bits per heavy atom. The van der Waals surface area contributed by atoms with Crippen molar-refractivity contribution in [1.82, 2.24) is 10.2 Å². The van der Waals surface area contributed by atoms with Crippen LogP contribution in [0.4, 0.5) is 5.69 Å². The zero-order chi connectivity index (χ0) is 24.0. The summed E-state index contributed by atoms with van der Waals surface area (Å²) in [4.78, 5) is 40.8. The monoisotopic (exact) mass is 471 g/mol. The molecule has 1 heterocycles. The van der Waals surface area contributed by atoms with Crippen molar-refractivity contribution in [3.8, 4) is 0 Å². The van der Waals surface area contributed by atoms with Gasteiger partial charge in [0.2, 0.25) is 5.91 Å². The van der Waals surface area contributed by atoms with Gasteiger partial charge in [0.25, 0.3) is 0 Å². The van der Waals surface area contributed by atoms with Crippen LogP contribution >= 0.6 is 11.6 Å². The van der Waals surface area contributed by atoms with E-state index in [9.17, 15) is 14.4 Å². The van der Waals surface area contributed by atoms with Crippen molar-refractivity contribution in [1.29, 1.82) is 0 Å². The Balaban J connectivity index is 1.87. The zero-order valence-electron chi connectivity index (χ0n) is 19.1. The summed E-state index contributed by atoms with van der Waals surface area (Å²) in [6.45, 7) is 6.45. The Kier molecular flexibility index (Phi) is 8.47. The number of hydrogen-bond donors (Lipinski definition) is 2. The smallest absolute Gasteiger partial charge is 0.313 e. The molecular formula is C25H30ClN3O4. The summed E-state index contributed by atoms with van der Waals surface area (Å²) in [7, 11) is 0. The molecule has 3 amide bonds. The standard InChI is InChI=1S/C25H30ClN3O4/c1-16(2)29(25(32)24(31)28-18-12-10-17(3)11-13-18)22(20-8-4-5-9-21(20)26)23(30)27-15-19-7-6-14-33-19/h4-5,8-13,16,19,22H,6-7,14-15H2,1-3H3,(H,27,30)(H,28,31)/t19-,22-/m1/s1. The number of anilines is 1. The average molecular weight is 472 g/mol. The predicted octanol–water partition coefficient (Wildman–Crippen LogP) is 3.86. The molecule has 0 radical (unpaired) electrons. The summed E-state index contributed by atoms with van der Waals surface area (Å²) < 4.78 is 5.60. The highest BCUT2D eigenvalue weighted by Crippen LogP contribution is 2.30. The van der Waals surface area contributed by atoms with E-state index < -0.39 is 29.8 Å². The van der Waals surface area contributed by atoms with Gasteiger partial charge in [0.15, 0.2) is 0 Å². The Bertz CT molecular complexity index is 987. The van der Waals surface area contributed by atoms with E-state index in [1.165, 1.54) is 4.90 Å². The number of aryl methyl sites for hydroxylation is 1. The first-order valence-electron chi connectivity index (χ1n) is 11.1. The fourth-order valence-electron chi connectivity index (χ4n) is 3.82. The second kappa shape index (κ2) is 11.3. The third-order valence-electron chi connectivity index (χ3n) is 5.55. The normalized spacial score (nSPS) is 16.3. The van der Waals surface area contributed by atoms with Gasteiger partial charge < -0.3 is 20.3 Å². The minimum absolute atomic E-state index is 0.0612. The quantitative estimate of drug-likeness (QED) is 0.600. The molecule has 1 aliphatic rings. The Labute approximate surface area is 199 Å². The minimum atomic E-state index is -1.07. The Hall–Kier alpha value is -2.90. The molecule has 0 spiro atoms. The second-order valence-corrected chi connectivity index (χ2v) is 8.84. The summed E-state index contributed by atoms with van der Waals surface area (Å²) in [5.74, 6) is -2.05. The van der Waals surface area contributed by atoms with Gasteiger partial charge >= 0.3 is 11.8 Å². The molecule has 176 valence electrons. The number of hydrogen-bond acceptors (Lipinski definition) is 4. The molecule has 2 atom stereocenters. The van der Waals surface area contributed by atoms with Gasteiger partial charge in [-0.15, -0.1) is 0 Å². The van der Waals surface area contributed by atoms with Crippen molar-refractivity contribution >= 4 is 35.0 Å². The van der Waals surface area contributed by atoms with Crippen LogP contribution < -0.4 is 10.6 Å². The van der Waals surface area contributed by atoms with E-state index in [2.05, 4.69) is 10.6 Å². The van der Waals surface area contributed by atoms with Crippen LogP contribution in [0.3, 0.4) is 0 Å². The molecule has 8 heteroatoms. The van der Waals surface area contributed by atoms with E-state index in [1.807, 2.05) is 19.1 Å². The van der Waals surface area contributed by atoms with Crippen LogP contribution in [-0.2, 0) is 19.1 Å². The molecular weight excluding hydrogens is 442 g/mol. The number of rotatable bonds is 7. The number of nitrogens with zero attached hydrogens (tertiary/aromatic N) is 1. The van der Waals surface area contributed by atoms with Crippen molar-refractivity contribution in [2.75, 3.05) is 18.5 Å². The molecule has 2 aromatic rings. The first-order valence-corrected chi connectivity index (χ1v) is 11.5. The maximum atomic E-state index is 13.4. The third-order valence-corrected chi connectivity index (χ3v) is 5.89. The number of nitrogens with one attached hydrogen (secondary N) is 2. The topological polar surface area (TPSA) is 87.7 Å². The summed E-state index contributed by atoms with van der Waals surface area (Å²) in [6, 6.07) is 12.4. The largest absolute Gasteiger partial charge is 0.376 e. The van der Waals surface area contributed by atoms with Gasteiger partial charge in [0, 0.05) is 35.5 Å². The van der Waals surface area contributed by atoms with Crippen LogP contribution in [-0.4, -0.2) is 47.9 Å². The molecule has 0 aromatic heterocycles. The molecule has 33 heavy (non-hydrogen) atoms. The first-order chi connectivity index (χ1) is 15.8. The number of carbonyl (C=O) groups excluding carboxylic acids is 3. The maximum Gasteiger partial charge on any atom is 0.313 e. The number of carbonyl (C=O) groups is 3. The summed E-state index contributed by atoms with van der Waals surface area (Å²) in [5.41, 5.74) is 1.99. The van der Waals surface area contributed by atoms with Crippen LogP contribution in [0, 0.1) is 6.92 Å². The predicted molar refractivity (Wildman–Crippen MR) is 128 cm³/mol. The minimum Gasteiger partial charge on any atom is -0.376 e. The van der Waals surface area contributed by atoms with Crippen molar-refractivity contribution in [3.05, 3.63) is 64.7 Å². The molecule has 1 saturated heterocycles. The lowest BCUT2D eigenvalue weighted by atomic mass is 10.0. The Morgan fingerprint density at radius 3 is 2.42 bits per heavy atom. The van der Waals surface area contributed by atoms with Crippen LogP contribution in [0.25, 0.3) is 0 Å². The number of benzene rings is 2. The van der Waals surface area contributed by atoms with E-state index in [4.69, 9.17) is 16.3 Å². The van der Waals surface area contributed by atoms with E-state index in [1.54, 1.807) is 50.2 Å². The van der Waals surface area contributed by atoms with Gasteiger partial charge in [-0.25, -0.2) is 0 Å². The van der Waals surface area contributed by atoms with Gasteiger partial charge in [-0.1, -0.05) is 47.5 Å². The molecule has 2 aromatic carbocycles. The van der Waals surface area contributed by atoms with E-state index in [0.717, 1.165) is 18.4 Å². The highest BCUT2D eigenvalue weighted by Gasteiger charge is 2.37. The molecule has 0 saturated carbocycles. The second-order valence-electron chi connectivity index (χ2n) is 8.43. The van der Waals surface area contributed by atoms with E-state index in [-0.39, 0.29) is 6.10 Å². The van der Waals surface area contributed by atoms with Crippen LogP contribution in [0.5, 0.6) is 0 Å². The maximum absolute atomic E-state index is 13.4. The van der Waals surface area contributed by atoms with Gasteiger partial charge in [-0.3, -0.25) is 14.4 Å². The molecule has 0 bridgehead atoms. The lowest BCUT2D eigenvalue weighted by Crippen LogP contribution is -2.51. The van der Waals surface area contributed by atoms with Crippen molar-refractivity contribution < 1.29 is 19.1 Å². The molecule has 2 N–H and O–H groups in total. The summed E-state index contributed by atoms with van der Waals surface area (Å²) in [5, 5.41) is 5.85. The molecule has 0 aliphatic carbocycles. The van der Waals surface area contributed by atoms with Gasteiger partial charge in [-0.05, 0) is 51.8 Å². The SMILES string of the molecule is Cc1ccc(NC(=O)C(=O)N(C(C)C)[C@@H](C(=O)NC[C@H]2CCCO2)c2ccccc2Cl)cc1. The number of amides is 3. The highest BCUT2D eigenvalue weighted by atomic mass is 35.5. The average Bonchev–Trinajstić information content (AvgIpc) is 3.31.